The van der Waals surface area contributed by atoms with Gasteiger partial charge in [0, 0.05) is 36.7 Å². The van der Waals surface area contributed by atoms with Gasteiger partial charge in [-0.2, -0.15) is 13.8 Å². The number of hydrogen-bond donors (Lipinski definition) is 1. The average molecular weight is 442 g/mol. The Bertz CT molecular complexity index is 984. The van der Waals surface area contributed by atoms with E-state index in [1.165, 1.54) is 6.07 Å². The third-order valence-electron chi connectivity index (χ3n) is 4.57. The molecule has 0 unspecified atom stereocenters. The lowest BCUT2D eigenvalue weighted by atomic mass is 10.0. The van der Waals surface area contributed by atoms with Crippen LogP contribution < -0.4 is 15.4 Å². The first-order valence-electron chi connectivity index (χ1n) is 9.33. The molecule has 0 radical (unpaired) electrons. The molecule has 30 heavy (non-hydrogen) atoms. The van der Waals surface area contributed by atoms with E-state index in [4.69, 9.17) is 15.2 Å². The summed E-state index contributed by atoms with van der Waals surface area (Å²) >= 11 is 0. The highest BCUT2D eigenvalue weighted by molar-refractivity contribution is 7.89. The summed E-state index contributed by atoms with van der Waals surface area (Å²) in [5, 5.41) is 0. The van der Waals surface area contributed by atoms with Crippen molar-refractivity contribution in [1.29, 1.82) is 0 Å². The Morgan fingerprint density at radius 2 is 2.10 bits per heavy atom. The zero-order chi connectivity index (χ0) is 21.9. The van der Waals surface area contributed by atoms with E-state index in [0.717, 1.165) is 6.26 Å². The molecule has 2 N–H and O–H groups in total. The van der Waals surface area contributed by atoms with Crippen LogP contribution in [0.4, 0.5) is 20.5 Å². The van der Waals surface area contributed by atoms with Crippen LogP contribution in [-0.4, -0.2) is 51.0 Å². The van der Waals surface area contributed by atoms with E-state index in [0.29, 0.717) is 42.2 Å². The number of nitrogens with two attached hydrogens (primary N) is 1. The molecule has 0 bridgehead atoms. The zero-order valence-corrected chi connectivity index (χ0v) is 17.5. The first kappa shape index (κ1) is 22.2. The molecule has 1 atom stereocenters. The van der Waals surface area contributed by atoms with Gasteiger partial charge in [0.25, 0.3) is 0 Å². The van der Waals surface area contributed by atoms with Crippen LogP contribution in [-0.2, 0) is 20.3 Å². The molecule has 1 aromatic carbocycles. The lowest BCUT2D eigenvalue weighted by Gasteiger charge is -2.32. The molecule has 8 nitrogen and oxygen atoms in total. The molecule has 2 aromatic rings. The van der Waals surface area contributed by atoms with E-state index < -0.39 is 22.5 Å². The number of halogens is 2. The number of nitrogens with zero attached hydrogens (tertiary/aromatic N) is 3. The maximum atomic E-state index is 13.1. The van der Waals surface area contributed by atoms with Crippen molar-refractivity contribution in [3.8, 4) is 5.75 Å². The minimum absolute atomic E-state index is 0.0922. The number of benzene rings is 1. The summed E-state index contributed by atoms with van der Waals surface area (Å²) in [6, 6.07) is 5.81. The molecular formula is C19H24F2N4O4S. The van der Waals surface area contributed by atoms with Gasteiger partial charge in [0.15, 0.2) is 9.84 Å². The van der Waals surface area contributed by atoms with E-state index >= 15 is 0 Å². The smallest absolute Gasteiger partial charge is 0.387 e. The second-order valence-electron chi connectivity index (χ2n) is 7.18. The van der Waals surface area contributed by atoms with E-state index in [-0.39, 0.29) is 24.1 Å². The van der Waals surface area contributed by atoms with Gasteiger partial charge in [0.2, 0.25) is 5.95 Å². The monoisotopic (exact) mass is 442 g/mol. The van der Waals surface area contributed by atoms with Crippen LogP contribution >= 0.6 is 0 Å². The summed E-state index contributed by atoms with van der Waals surface area (Å²) < 4.78 is 59.9. The summed E-state index contributed by atoms with van der Waals surface area (Å²) in [4.78, 5) is 10.3. The highest BCUT2D eigenvalue weighted by atomic mass is 32.2. The average Bonchev–Trinajstić information content (AvgIpc) is 2.85. The Balaban J connectivity index is 2.06. The van der Waals surface area contributed by atoms with Crippen molar-refractivity contribution >= 4 is 21.6 Å². The van der Waals surface area contributed by atoms with Crippen molar-refractivity contribution in [3.05, 3.63) is 41.1 Å². The molecular weight excluding hydrogens is 418 g/mol. The summed E-state index contributed by atoms with van der Waals surface area (Å²) in [5.41, 5.74) is 7.29. The van der Waals surface area contributed by atoms with Crippen molar-refractivity contribution in [2.45, 2.75) is 31.8 Å². The SMILES string of the molecule is Cc1cc(N2CCCOC[C@H]2c2ccc(CS(C)(=O)=O)cc2OC(F)F)nc(N)n1. The minimum Gasteiger partial charge on any atom is -0.434 e. The van der Waals surface area contributed by atoms with Crippen molar-refractivity contribution in [2.24, 2.45) is 0 Å². The van der Waals surface area contributed by atoms with E-state index in [9.17, 15) is 17.2 Å². The number of sulfone groups is 1. The van der Waals surface area contributed by atoms with Gasteiger partial charge in [0.1, 0.15) is 11.6 Å². The lowest BCUT2D eigenvalue weighted by Crippen LogP contribution is -2.32. The second-order valence-corrected chi connectivity index (χ2v) is 9.32. The van der Waals surface area contributed by atoms with Gasteiger partial charge >= 0.3 is 6.61 Å². The number of hydrogen-bond acceptors (Lipinski definition) is 8. The van der Waals surface area contributed by atoms with E-state index in [1.54, 1.807) is 25.1 Å². The Morgan fingerprint density at radius 1 is 1.33 bits per heavy atom. The van der Waals surface area contributed by atoms with E-state index in [1.807, 2.05) is 4.90 Å². The third-order valence-corrected chi connectivity index (χ3v) is 5.43. The van der Waals surface area contributed by atoms with Gasteiger partial charge in [-0.05, 0) is 25.0 Å². The van der Waals surface area contributed by atoms with Gasteiger partial charge in [-0.25, -0.2) is 13.4 Å². The molecule has 1 aliphatic rings. The predicted molar refractivity (Wildman–Crippen MR) is 108 cm³/mol. The highest BCUT2D eigenvalue weighted by Crippen LogP contribution is 2.36. The van der Waals surface area contributed by atoms with Crippen molar-refractivity contribution in [1.82, 2.24) is 9.97 Å². The third kappa shape index (κ3) is 5.76. The number of aromatic nitrogens is 2. The summed E-state index contributed by atoms with van der Waals surface area (Å²) in [6.07, 6.45) is 1.79. The first-order chi connectivity index (χ1) is 14.1. The van der Waals surface area contributed by atoms with Gasteiger partial charge in [-0.3, -0.25) is 0 Å². The van der Waals surface area contributed by atoms with Crippen LogP contribution in [0.1, 0.15) is 29.3 Å². The molecule has 164 valence electrons. The van der Waals surface area contributed by atoms with E-state index in [2.05, 4.69) is 9.97 Å². The fourth-order valence-corrected chi connectivity index (χ4v) is 4.26. The largest absolute Gasteiger partial charge is 0.434 e. The van der Waals surface area contributed by atoms with Crippen LogP contribution in [0.25, 0.3) is 0 Å². The van der Waals surface area contributed by atoms with Gasteiger partial charge in [0.05, 0.1) is 18.4 Å². The number of rotatable bonds is 6. The maximum Gasteiger partial charge on any atom is 0.387 e. The fourth-order valence-electron chi connectivity index (χ4n) is 3.48. The van der Waals surface area contributed by atoms with Crippen LogP contribution in [0.15, 0.2) is 24.3 Å². The molecule has 1 fully saturated rings. The fraction of sp³-hybridized carbons (Fsp3) is 0.474. The number of anilines is 2. The summed E-state index contributed by atoms with van der Waals surface area (Å²) in [5.74, 6) is 0.296. The van der Waals surface area contributed by atoms with Crippen molar-refractivity contribution in [2.75, 3.05) is 36.6 Å². The lowest BCUT2D eigenvalue weighted by molar-refractivity contribution is -0.0508. The van der Waals surface area contributed by atoms with Crippen LogP contribution in [0, 0.1) is 6.92 Å². The van der Waals surface area contributed by atoms with Crippen LogP contribution in [0.3, 0.4) is 0 Å². The molecule has 1 saturated heterocycles. The van der Waals surface area contributed by atoms with Crippen molar-refractivity contribution in [3.63, 3.8) is 0 Å². The van der Waals surface area contributed by atoms with Gasteiger partial charge in [-0.15, -0.1) is 0 Å². The normalized spacial score (nSPS) is 17.8. The second kappa shape index (κ2) is 9.09. The number of ether oxygens (including phenoxy) is 2. The van der Waals surface area contributed by atoms with Crippen LogP contribution in [0.5, 0.6) is 5.75 Å². The molecule has 3 rings (SSSR count). The minimum atomic E-state index is -3.34. The first-order valence-corrected chi connectivity index (χ1v) is 11.4. The molecule has 0 saturated carbocycles. The predicted octanol–water partition coefficient (Wildman–Crippen LogP) is 2.48. The summed E-state index contributed by atoms with van der Waals surface area (Å²) in [7, 11) is -3.34. The Morgan fingerprint density at radius 3 is 2.77 bits per heavy atom. The highest BCUT2D eigenvalue weighted by Gasteiger charge is 2.29. The van der Waals surface area contributed by atoms with Crippen molar-refractivity contribution < 1.29 is 26.7 Å². The Kier molecular flexibility index (Phi) is 6.71. The molecule has 1 aromatic heterocycles. The molecule has 11 heteroatoms. The zero-order valence-electron chi connectivity index (χ0n) is 16.7. The maximum absolute atomic E-state index is 13.1. The Hall–Kier alpha value is -2.53. The Labute approximate surface area is 173 Å². The molecule has 0 aliphatic carbocycles. The number of aryl methyl sites for hydroxylation is 1. The molecule has 1 aliphatic heterocycles. The number of nitrogen functional groups attached to an aromatic ring is 1. The molecule has 0 spiro atoms. The standard InChI is InChI=1S/C19H24F2N4O4S/c1-12-8-17(24-19(22)23-12)25-6-3-7-28-10-15(25)14-5-4-13(11-30(2,26)27)9-16(14)29-18(20)21/h4-5,8-9,15,18H,3,6-7,10-11H2,1-2H3,(H2,22,23,24)/t15-/m0/s1. The summed E-state index contributed by atoms with van der Waals surface area (Å²) in [6.45, 7) is 0.00236. The molecule has 2 heterocycles. The topological polar surface area (TPSA) is 108 Å². The van der Waals surface area contributed by atoms with Crippen LogP contribution in [0.2, 0.25) is 0 Å². The van der Waals surface area contributed by atoms with Gasteiger partial charge in [-0.1, -0.05) is 12.1 Å². The van der Waals surface area contributed by atoms with Gasteiger partial charge < -0.3 is 20.1 Å². The quantitative estimate of drug-likeness (QED) is 0.727. The number of alkyl halides is 2. The molecule has 0 amide bonds.